The lowest BCUT2D eigenvalue weighted by atomic mass is 10.0. The molecule has 1 unspecified atom stereocenters. The summed E-state index contributed by atoms with van der Waals surface area (Å²) in [6.07, 6.45) is 6.83. The van der Waals surface area contributed by atoms with Gasteiger partial charge in [-0.15, -0.1) is 0 Å². The first-order valence-corrected chi connectivity index (χ1v) is 6.42. The molecule has 4 nitrogen and oxygen atoms in total. The van der Waals surface area contributed by atoms with Crippen LogP contribution in [-0.2, 0) is 9.53 Å². The summed E-state index contributed by atoms with van der Waals surface area (Å²) in [5, 5.41) is 0. The Kier molecular flexibility index (Phi) is 4.18. The van der Waals surface area contributed by atoms with Crippen molar-refractivity contribution in [1.82, 2.24) is 4.90 Å². The van der Waals surface area contributed by atoms with E-state index in [4.69, 9.17) is 10.5 Å². The fourth-order valence-electron chi connectivity index (χ4n) is 2.90. The van der Waals surface area contributed by atoms with E-state index in [1.165, 1.54) is 25.7 Å². The molecule has 2 rings (SSSR count). The van der Waals surface area contributed by atoms with Crippen LogP contribution in [0.2, 0.25) is 0 Å². The number of hydrogen-bond donors (Lipinski definition) is 1. The van der Waals surface area contributed by atoms with Gasteiger partial charge in [0.1, 0.15) is 6.61 Å². The molecule has 2 fully saturated rings. The molecule has 1 aliphatic heterocycles. The monoisotopic (exact) mass is 226 g/mol. The molecule has 0 aromatic heterocycles. The molecule has 0 aromatic rings. The minimum absolute atomic E-state index is 0.181. The maximum atomic E-state index is 11.9. The van der Waals surface area contributed by atoms with Crippen LogP contribution in [0.15, 0.2) is 0 Å². The molecular weight excluding hydrogens is 204 g/mol. The fraction of sp³-hybridized carbons (Fsp3) is 0.917. The van der Waals surface area contributed by atoms with Crippen molar-refractivity contribution in [2.45, 2.75) is 50.6 Å². The Hall–Kier alpha value is -0.610. The number of rotatable bonds is 4. The molecule has 0 spiro atoms. The lowest BCUT2D eigenvalue weighted by molar-refractivity contribution is -0.152. The van der Waals surface area contributed by atoms with Crippen molar-refractivity contribution in [3.63, 3.8) is 0 Å². The highest BCUT2D eigenvalue weighted by Gasteiger charge is 2.34. The van der Waals surface area contributed by atoms with Crippen LogP contribution in [-0.4, -0.2) is 42.6 Å². The maximum Gasteiger partial charge on any atom is 0.249 e. The second kappa shape index (κ2) is 5.64. The van der Waals surface area contributed by atoms with Gasteiger partial charge in [0.25, 0.3) is 0 Å². The van der Waals surface area contributed by atoms with Crippen LogP contribution >= 0.6 is 0 Å². The van der Waals surface area contributed by atoms with E-state index >= 15 is 0 Å². The molecule has 2 aliphatic rings. The first-order chi connectivity index (χ1) is 7.83. The zero-order valence-electron chi connectivity index (χ0n) is 9.86. The van der Waals surface area contributed by atoms with Gasteiger partial charge in [0.2, 0.25) is 5.91 Å². The molecule has 0 bridgehead atoms. The summed E-state index contributed by atoms with van der Waals surface area (Å²) < 4.78 is 5.35. The predicted molar refractivity (Wildman–Crippen MR) is 62.0 cm³/mol. The lowest BCUT2D eigenvalue weighted by Crippen LogP contribution is -2.53. The van der Waals surface area contributed by atoms with Gasteiger partial charge in [-0.3, -0.25) is 4.79 Å². The van der Waals surface area contributed by atoms with Gasteiger partial charge in [0.05, 0.1) is 12.6 Å². The van der Waals surface area contributed by atoms with E-state index in [-0.39, 0.29) is 18.6 Å². The number of hydrogen-bond acceptors (Lipinski definition) is 3. The van der Waals surface area contributed by atoms with E-state index in [0.717, 1.165) is 12.8 Å². The fourth-order valence-corrected chi connectivity index (χ4v) is 2.90. The minimum atomic E-state index is 0.181. The van der Waals surface area contributed by atoms with Crippen molar-refractivity contribution < 1.29 is 9.53 Å². The first-order valence-electron chi connectivity index (χ1n) is 6.42. The van der Waals surface area contributed by atoms with Crippen LogP contribution in [0, 0.1) is 0 Å². The summed E-state index contributed by atoms with van der Waals surface area (Å²) in [6, 6.07) is 0.743. The number of carbonyl (C=O) groups excluding carboxylic acids is 1. The van der Waals surface area contributed by atoms with Crippen molar-refractivity contribution >= 4 is 5.91 Å². The summed E-state index contributed by atoms with van der Waals surface area (Å²) in [5.41, 5.74) is 5.53. The number of morpholine rings is 1. The van der Waals surface area contributed by atoms with Crippen molar-refractivity contribution in [2.75, 3.05) is 19.8 Å². The standard InChI is InChI=1S/C12H22N2O2/c13-7-3-6-11-8-16-9-12(15)14(11)10-4-1-2-5-10/h10-11H,1-9,13H2. The van der Waals surface area contributed by atoms with E-state index in [0.29, 0.717) is 19.2 Å². The molecule has 4 heteroatoms. The third-order valence-electron chi connectivity index (χ3n) is 3.68. The van der Waals surface area contributed by atoms with Crippen LogP contribution in [0.25, 0.3) is 0 Å². The van der Waals surface area contributed by atoms with Crippen molar-refractivity contribution in [3.8, 4) is 0 Å². The van der Waals surface area contributed by atoms with Crippen LogP contribution in [0.4, 0.5) is 0 Å². The Morgan fingerprint density at radius 2 is 2.12 bits per heavy atom. The van der Waals surface area contributed by atoms with Gasteiger partial charge < -0.3 is 15.4 Å². The number of nitrogens with zero attached hydrogens (tertiary/aromatic N) is 1. The summed E-state index contributed by atoms with van der Waals surface area (Å²) >= 11 is 0. The van der Waals surface area contributed by atoms with E-state index < -0.39 is 0 Å². The van der Waals surface area contributed by atoms with Gasteiger partial charge >= 0.3 is 0 Å². The molecule has 92 valence electrons. The summed E-state index contributed by atoms with van der Waals surface area (Å²) in [4.78, 5) is 14.0. The summed E-state index contributed by atoms with van der Waals surface area (Å²) in [5.74, 6) is 0.181. The molecule has 16 heavy (non-hydrogen) atoms. The number of nitrogens with two attached hydrogens (primary N) is 1. The molecule has 1 saturated heterocycles. The average molecular weight is 226 g/mol. The highest BCUT2D eigenvalue weighted by Crippen LogP contribution is 2.28. The second-order valence-electron chi connectivity index (χ2n) is 4.84. The normalized spacial score (nSPS) is 27.7. The van der Waals surface area contributed by atoms with Gasteiger partial charge in [-0.1, -0.05) is 12.8 Å². The molecule has 1 amide bonds. The zero-order valence-corrected chi connectivity index (χ0v) is 9.86. The Morgan fingerprint density at radius 3 is 2.81 bits per heavy atom. The van der Waals surface area contributed by atoms with Crippen molar-refractivity contribution in [2.24, 2.45) is 5.73 Å². The number of ether oxygens (including phenoxy) is 1. The topological polar surface area (TPSA) is 55.6 Å². The van der Waals surface area contributed by atoms with Gasteiger partial charge in [-0.25, -0.2) is 0 Å². The highest BCUT2D eigenvalue weighted by molar-refractivity contribution is 5.78. The van der Waals surface area contributed by atoms with Gasteiger partial charge in [0, 0.05) is 6.04 Å². The zero-order chi connectivity index (χ0) is 11.4. The lowest BCUT2D eigenvalue weighted by Gasteiger charge is -2.39. The third kappa shape index (κ3) is 2.55. The Bertz CT molecular complexity index is 239. The molecule has 2 N–H and O–H groups in total. The van der Waals surface area contributed by atoms with E-state index in [1.54, 1.807) is 0 Å². The molecule has 1 heterocycles. The first kappa shape index (κ1) is 11.9. The van der Waals surface area contributed by atoms with E-state index in [1.807, 2.05) is 0 Å². The Morgan fingerprint density at radius 1 is 1.38 bits per heavy atom. The average Bonchev–Trinajstić information content (AvgIpc) is 2.79. The number of amides is 1. The van der Waals surface area contributed by atoms with Crippen LogP contribution in [0.3, 0.4) is 0 Å². The molecule has 0 aromatic carbocycles. The van der Waals surface area contributed by atoms with Crippen LogP contribution in [0.5, 0.6) is 0 Å². The van der Waals surface area contributed by atoms with Crippen molar-refractivity contribution in [3.05, 3.63) is 0 Å². The number of carbonyl (C=O) groups is 1. The SMILES string of the molecule is NCCCC1COCC(=O)N1C1CCCC1. The predicted octanol–water partition coefficient (Wildman–Crippen LogP) is 0.895. The Labute approximate surface area is 97.1 Å². The third-order valence-corrected chi connectivity index (χ3v) is 3.68. The molecule has 0 radical (unpaired) electrons. The smallest absolute Gasteiger partial charge is 0.249 e. The quantitative estimate of drug-likeness (QED) is 0.774. The van der Waals surface area contributed by atoms with E-state index in [9.17, 15) is 4.79 Å². The van der Waals surface area contributed by atoms with Gasteiger partial charge in [-0.2, -0.15) is 0 Å². The molecule has 1 saturated carbocycles. The van der Waals surface area contributed by atoms with Crippen molar-refractivity contribution in [1.29, 1.82) is 0 Å². The molecule has 1 aliphatic carbocycles. The maximum absolute atomic E-state index is 11.9. The Balaban J connectivity index is 1.98. The summed E-state index contributed by atoms with van der Waals surface area (Å²) in [6.45, 7) is 1.67. The van der Waals surface area contributed by atoms with Gasteiger partial charge in [-0.05, 0) is 32.2 Å². The van der Waals surface area contributed by atoms with Crippen LogP contribution in [0.1, 0.15) is 38.5 Å². The van der Waals surface area contributed by atoms with E-state index in [2.05, 4.69) is 4.90 Å². The van der Waals surface area contributed by atoms with Crippen LogP contribution < -0.4 is 5.73 Å². The highest BCUT2D eigenvalue weighted by atomic mass is 16.5. The minimum Gasteiger partial charge on any atom is -0.369 e. The second-order valence-corrected chi connectivity index (χ2v) is 4.84. The largest absolute Gasteiger partial charge is 0.369 e. The summed E-state index contributed by atoms with van der Waals surface area (Å²) in [7, 11) is 0. The van der Waals surface area contributed by atoms with Gasteiger partial charge in [0.15, 0.2) is 0 Å². The molecule has 1 atom stereocenters. The molecular formula is C12H22N2O2.